The van der Waals surface area contributed by atoms with Crippen molar-refractivity contribution in [2.45, 2.75) is 44.9 Å². The smallest absolute Gasteiger partial charge is 0.410 e. The number of aromatic nitrogens is 1. The Bertz CT molecular complexity index is 1500. The third kappa shape index (κ3) is 6.41. The van der Waals surface area contributed by atoms with Crippen LogP contribution >= 0.6 is 22.9 Å². The van der Waals surface area contributed by atoms with Crippen molar-refractivity contribution in [1.29, 1.82) is 0 Å². The molecule has 11 nitrogen and oxygen atoms in total. The van der Waals surface area contributed by atoms with Crippen molar-refractivity contribution in [2.75, 3.05) is 55.2 Å². The lowest BCUT2D eigenvalue weighted by Crippen LogP contribution is -2.54. The Labute approximate surface area is 265 Å². The maximum atomic E-state index is 13.9. The summed E-state index contributed by atoms with van der Waals surface area (Å²) in [5.41, 5.74) is 10.1. The summed E-state index contributed by atoms with van der Waals surface area (Å²) in [7, 11) is 0. The quantitative estimate of drug-likeness (QED) is 0.379. The average Bonchev–Trinajstić information content (AvgIpc) is 3.50. The van der Waals surface area contributed by atoms with Crippen LogP contribution in [0.3, 0.4) is 0 Å². The van der Waals surface area contributed by atoms with Crippen molar-refractivity contribution in [1.82, 2.24) is 19.7 Å². The third-order valence-corrected chi connectivity index (χ3v) is 9.90. The van der Waals surface area contributed by atoms with Gasteiger partial charge < -0.3 is 35.4 Å². The van der Waals surface area contributed by atoms with Crippen molar-refractivity contribution in [2.24, 2.45) is 0 Å². The molecular formula is C31H36ClN7O4S. The number of carbonyl (C=O) groups is 3. The Morgan fingerprint density at radius 2 is 1.82 bits per heavy atom. The molecule has 3 N–H and O–H groups in total. The fourth-order valence-corrected chi connectivity index (χ4v) is 7.24. The lowest BCUT2D eigenvalue weighted by Gasteiger charge is -2.40. The number of benzene rings is 1. The van der Waals surface area contributed by atoms with Crippen molar-refractivity contribution in [3.63, 3.8) is 0 Å². The number of anilines is 3. The van der Waals surface area contributed by atoms with Gasteiger partial charge in [-0.2, -0.15) is 0 Å². The standard InChI is InChI=1S/C31H36ClN7O4S/c1-20-16-21(17-24(32)28(20)33)18-26(29(40)37-13-11-36(12-14-37)22-2-7-34-8-3-22)43-31(42)38-9-4-23(5-10-38)39-19-27-25(6-15-44-27)35-30(39)41/h2-3,6-8,15-17,23,26H,4-5,9-14,18-19,33H2,1H3,(H,35,41)/t26-/m1/s1. The minimum Gasteiger partial charge on any atom is -0.436 e. The average molecular weight is 638 g/mol. The van der Waals surface area contributed by atoms with Crippen LogP contribution in [-0.2, 0) is 22.5 Å². The zero-order valence-electron chi connectivity index (χ0n) is 24.6. The number of ether oxygens (including phenoxy) is 1. The van der Waals surface area contributed by atoms with Crippen LogP contribution in [0, 0.1) is 6.92 Å². The van der Waals surface area contributed by atoms with Crippen molar-refractivity contribution in [3.05, 3.63) is 69.1 Å². The van der Waals surface area contributed by atoms with Crippen LogP contribution in [-0.4, -0.2) is 89.1 Å². The normalized spacial score (nSPS) is 18.1. The van der Waals surface area contributed by atoms with E-state index < -0.39 is 12.2 Å². The molecule has 3 aliphatic rings. The van der Waals surface area contributed by atoms with Crippen LogP contribution < -0.4 is 16.0 Å². The highest BCUT2D eigenvalue weighted by molar-refractivity contribution is 7.10. The lowest BCUT2D eigenvalue weighted by atomic mass is 10.0. The topological polar surface area (TPSA) is 124 Å². The van der Waals surface area contributed by atoms with Gasteiger partial charge in [-0.3, -0.25) is 9.78 Å². The number of hydrogen-bond acceptors (Lipinski definition) is 8. The molecule has 3 aliphatic heterocycles. The molecule has 5 heterocycles. The number of nitrogens with one attached hydrogen (secondary N) is 1. The number of rotatable bonds is 6. The number of halogens is 1. The molecule has 13 heteroatoms. The van der Waals surface area contributed by atoms with Crippen molar-refractivity contribution in [3.8, 4) is 0 Å². The maximum absolute atomic E-state index is 13.9. The molecule has 2 saturated heterocycles. The van der Waals surface area contributed by atoms with Crippen molar-refractivity contribution >= 4 is 58.0 Å². The van der Waals surface area contributed by atoms with Gasteiger partial charge in [0.15, 0.2) is 6.10 Å². The summed E-state index contributed by atoms with van der Waals surface area (Å²) in [6, 6.07) is 9.35. The van der Waals surface area contributed by atoms with E-state index in [0.717, 1.165) is 27.4 Å². The Balaban J connectivity index is 1.11. The second kappa shape index (κ2) is 12.9. The van der Waals surface area contributed by atoms with Crippen LogP contribution in [0.15, 0.2) is 48.1 Å². The number of nitrogens with zero attached hydrogens (tertiary/aromatic N) is 5. The van der Waals surface area contributed by atoms with E-state index in [1.807, 2.05) is 41.5 Å². The largest absolute Gasteiger partial charge is 0.436 e. The van der Waals surface area contributed by atoms with E-state index in [1.54, 1.807) is 39.6 Å². The zero-order chi connectivity index (χ0) is 30.8. The molecule has 3 aromatic rings. The number of nitrogens with two attached hydrogens (primary N) is 1. The number of likely N-dealkylation sites (tertiary alicyclic amines) is 1. The van der Waals surface area contributed by atoms with Gasteiger partial charge in [-0.1, -0.05) is 17.7 Å². The van der Waals surface area contributed by atoms with Gasteiger partial charge in [-0.25, -0.2) is 9.59 Å². The first-order valence-electron chi connectivity index (χ1n) is 14.8. The predicted molar refractivity (Wildman–Crippen MR) is 171 cm³/mol. The Hall–Kier alpha value is -4.03. The molecule has 2 aromatic heterocycles. The maximum Gasteiger partial charge on any atom is 0.410 e. The van der Waals surface area contributed by atoms with E-state index >= 15 is 0 Å². The number of thiophene rings is 1. The van der Waals surface area contributed by atoms with Gasteiger partial charge in [-0.15, -0.1) is 11.3 Å². The number of nitrogen functional groups attached to an aromatic ring is 1. The van der Waals surface area contributed by atoms with Crippen molar-refractivity contribution < 1.29 is 19.1 Å². The Morgan fingerprint density at radius 1 is 1.09 bits per heavy atom. The zero-order valence-corrected chi connectivity index (χ0v) is 26.1. The number of piperidine rings is 1. The van der Waals surface area contributed by atoms with Crippen LogP contribution in [0.25, 0.3) is 0 Å². The highest BCUT2D eigenvalue weighted by atomic mass is 35.5. The van der Waals surface area contributed by atoms with Gasteiger partial charge in [-0.05, 0) is 60.5 Å². The van der Waals surface area contributed by atoms with E-state index in [0.29, 0.717) is 69.4 Å². The number of pyridine rings is 1. The van der Waals surface area contributed by atoms with E-state index in [-0.39, 0.29) is 24.4 Å². The summed E-state index contributed by atoms with van der Waals surface area (Å²) in [5.74, 6) is -0.232. The highest BCUT2D eigenvalue weighted by Crippen LogP contribution is 2.32. The van der Waals surface area contributed by atoms with E-state index in [1.165, 1.54) is 0 Å². The number of amides is 4. The molecule has 0 aliphatic carbocycles. The van der Waals surface area contributed by atoms with E-state index in [9.17, 15) is 14.4 Å². The molecule has 0 spiro atoms. The van der Waals surface area contributed by atoms with E-state index in [4.69, 9.17) is 22.1 Å². The monoisotopic (exact) mass is 637 g/mol. The molecular weight excluding hydrogens is 602 g/mol. The summed E-state index contributed by atoms with van der Waals surface area (Å²) < 4.78 is 5.98. The molecule has 1 aromatic carbocycles. The molecule has 232 valence electrons. The molecule has 0 bridgehead atoms. The van der Waals surface area contributed by atoms with Gasteiger partial charge in [0.05, 0.1) is 22.9 Å². The minimum absolute atomic E-state index is 0.0170. The van der Waals surface area contributed by atoms with E-state index in [2.05, 4.69) is 15.2 Å². The third-order valence-electron chi connectivity index (χ3n) is 8.68. The molecule has 44 heavy (non-hydrogen) atoms. The summed E-state index contributed by atoms with van der Waals surface area (Å²) >= 11 is 7.99. The number of carbonyl (C=O) groups excluding carboxylic acids is 3. The number of hydrogen-bond donors (Lipinski definition) is 2. The van der Waals surface area contributed by atoms with Gasteiger partial charge in [0, 0.05) is 74.7 Å². The van der Waals surface area contributed by atoms with Crippen LogP contribution in [0.5, 0.6) is 0 Å². The minimum atomic E-state index is -1.02. The molecule has 2 fully saturated rings. The van der Waals surface area contributed by atoms with Gasteiger partial charge in [0.1, 0.15) is 0 Å². The summed E-state index contributed by atoms with van der Waals surface area (Å²) in [5, 5.41) is 5.35. The molecule has 1 atom stereocenters. The number of piperazine rings is 1. The number of fused-ring (bicyclic) bond motifs is 1. The fraction of sp³-hybridized carbons (Fsp3) is 0.419. The molecule has 0 unspecified atom stereocenters. The first kappa shape index (κ1) is 30.0. The van der Waals surface area contributed by atoms with Crippen LogP contribution in [0.2, 0.25) is 5.02 Å². The number of aryl methyl sites for hydroxylation is 1. The first-order chi connectivity index (χ1) is 21.3. The van der Waals surface area contributed by atoms with Crippen LogP contribution in [0.1, 0.15) is 28.8 Å². The van der Waals surface area contributed by atoms with Gasteiger partial charge in [0.2, 0.25) is 0 Å². The first-order valence-corrected chi connectivity index (χ1v) is 16.1. The summed E-state index contributed by atoms with van der Waals surface area (Å²) in [6.45, 7) is 5.63. The van der Waals surface area contributed by atoms with Gasteiger partial charge in [0.25, 0.3) is 5.91 Å². The molecule has 6 rings (SSSR count). The lowest BCUT2D eigenvalue weighted by molar-refractivity contribution is -0.141. The fourth-order valence-electron chi connectivity index (χ4n) is 6.12. The Morgan fingerprint density at radius 3 is 2.52 bits per heavy atom. The van der Waals surface area contributed by atoms with Crippen LogP contribution in [0.4, 0.5) is 26.7 Å². The summed E-state index contributed by atoms with van der Waals surface area (Å²) in [6.07, 6.45) is 3.41. The highest BCUT2D eigenvalue weighted by Gasteiger charge is 2.36. The molecule has 4 amide bonds. The summed E-state index contributed by atoms with van der Waals surface area (Å²) in [4.78, 5) is 52.8. The second-order valence-electron chi connectivity index (χ2n) is 11.4. The molecule has 0 saturated carbocycles. The second-order valence-corrected chi connectivity index (χ2v) is 12.8. The SMILES string of the molecule is Cc1cc(C[C@@H](OC(=O)N2CCC(N3Cc4sccc4NC3=O)CC2)C(=O)N2CCN(c3ccncc3)CC2)cc(Cl)c1N. The van der Waals surface area contributed by atoms with Gasteiger partial charge >= 0.3 is 12.1 Å². The molecule has 0 radical (unpaired) electrons. The number of urea groups is 1. The Kier molecular flexibility index (Phi) is 8.81. The predicted octanol–water partition coefficient (Wildman–Crippen LogP) is 4.60.